The second kappa shape index (κ2) is 2.43. The van der Waals surface area contributed by atoms with Gasteiger partial charge in [0.1, 0.15) is 24.0 Å². The first-order valence-corrected chi connectivity index (χ1v) is 4.45. The Labute approximate surface area is 76.0 Å². The number of aliphatic hydroxyl groups excluding tert-OH is 3. The van der Waals surface area contributed by atoms with Crippen LogP contribution in [0.4, 0.5) is 0 Å². The van der Waals surface area contributed by atoms with Crippen LogP contribution in [0.5, 0.6) is 0 Å². The largest absolute Gasteiger partial charge is 0.388 e. The van der Waals surface area contributed by atoms with Gasteiger partial charge in [-0.15, -0.1) is 0 Å². The van der Waals surface area contributed by atoms with Gasteiger partial charge < -0.3 is 20.4 Å². The average Bonchev–Trinajstić information content (AvgIpc) is 2.38. The summed E-state index contributed by atoms with van der Waals surface area (Å²) in [5, 5.41) is 41.1. The van der Waals surface area contributed by atoms with Crippen LogP contribution < -0.4 is 5.32 Å². The third-order valence-electron chi connectivity index (χ3n) is 3.32. The molecule has 2 rings (SSSR count). The number of piperidine rings is 1. The monoisotopic (exact) mass is 189 g/mol. The van der Waals surface area contributed by atoms with Crippen LogP contribution in [0.3, 0.4) is 0 Å². The highest BCUT2D eigenvalue weighted by molar-refractivity contribution is 5.14. The molecule has 5 heteroatoms. The molecule has 0 spiro atoms. The van der Waals surface area contributed by atoms with E-state index in [1.165, 1.54) is 0 Å². The summed E-state index contributed by atoms with van der Waals surface area (Å²) in [6.45, 7) is 1.73. The number of hydrogen-bond donors (Lipinski definition) is 5. The minimum Gasteiger partial charge on any atom is -0.388 e. The first kappa shape index (κ1) is 9.36. The molecule has 13 heavy (non-hydrogen) atoms. The Morgan fingerprint density at radius 1 is 1.15 bits per heavy atom. The SMILES string of the molecule is C[C@]12CC[C@](O)(N1)[C@@H](O)[C@H](O)[C@H]2O. The van der Waals surface area contributed by atoms with Crippen molar-refractivity contribution in [2.45, 2.75) is 49.3 Å². The Hall–Kier alpha value is -0.200. The lowest BCUT2D eigenvalue weighted by atomic mass is 9.85. The van der Waals surface area contributed by atoms with E-state index < -0.39 is 29.6 Å². The zero-order chi connectivity index (χ0) is 9.85. The van der Waals surface area contributed by atoms with E-state index in [1.54, 1.807) is 6.92 Å². The zero-order valence-corrected chi connectivity index (χ0v) is 7.44. The summed E-state index contributed by atoms with van der Waals surface area (Å²) in [6.07, 6.45) is -2.75. The molecule has 0 aromatic heterocycles. The van der Waals surface area contributed by atoms with Crippen LogP contribution in [0.2, 0.25) is 0 Å². The van der Waals surface area contributed by atoms with Crippen molar-refractivity contribution in [3.05, 3.63) is 0 Å². The highest BCUT2D eigenvalue weighted by atomic mass is 16.4. The minimum absolute atomic E-state index is 0.346. The second-order valence-electron chi connectivity index (χ2n) is 4.35. The topological polar surface area (TPSA) is 93.0 Å². The molecule has 5 atom stereocenters. The molecule has 76 valence electrons. The van der Waals surface area contributed by atoms with Gasteiger partial charge in [-0.2, -0.15) is 0 Å². The third kappa shape index (κ3) is 1.05. The lowest BCUT2D eigenvalue weighted by Gasteiger charge is -2.45. The summed E-state index contributed by atoms with van der Waals surface area (Å²) in [6, 6.07) is 0. The second-order valence-corrected chi connectivity index (χ2v) is 4.35. The first-order chi connectivity index (χ1) is 5.89. The van der Waals surface area contributed by atoms with Gasteiger partial charge in [-0.05, 0) is 19.8 Å². The van der Waals surface area contributed by atoms with E-state index in [9.17, 15) is 20.4 Å². The van der Waals surface area contributed by atoms with Crippen LogP contribution in [-0.2, 0) is 0 Å². The van der Waals surface area contributed by atoms with Gasteiger partial charge in [0.15, 0.2) is 0 Å². The number of aliphatic hydroxyl groups is 4. The smallest absolute Gasteiger partial charge is 0.145 e. The minimum atomic E-state index is -1.44. The van der Waals surface area contributed by atoms with Crippen LogP contribution in [0.15, 0.2) is 0 Å². The molecule has 2 heterocycles. The zero-order valence-electron chi connectivity index (χ0n) is 7.44. The van der Waals surface area contributed by atoms with Crippen molar-refractivity contribution < 1.29 is 20.4 Å². The summed E-state index contributed by atoms with van der Waals surface area (Å²) in [5.41, 5.74) is -2.12. The standard InChI is InChI=1S/C8H15NO4/c1-7-2-3-8(13,9-7)6(12)4(10)5(7)11/h4-6,9-13H,2-3H2,1H3/t4-,5-,6+,7-,8-/m1/s1. The van der Waals surface area contributed by atoms with Crippen LogP contribution in [-0.4, -0.2) is 50.0 Å². The van der Waals surface area contributed by atoms with Gasteiger partial charge in [0.05, 0.1) is 0 Å². The van der Waals surface area contributed by atoms with Gasteiger partial charge >= 0.3 is 0 Å². The molecule has 0 aliphatic carbocycles. The highest BCUT2D eigenvalue weighted by Crippen LogP contribution is 2.40. The van der Waals surface area contributed by atoms with E-state index in [4.69, 9.17) is 0 Å². The molecule has 5 N–H and O–H groups in total. The molecule has 2 bridgehead atoms. The Morgan fingerprint density at radius 2 is 1.77 bits per heavy atom. The maximum Gasteiger partial charge on any atom is 0.145 e. The van der Waals surface area contributed by atoms with Crippen LogP contribution in [0, 0.1) is 0 Å². The number of nitrogens with one attached hydrogen (secondary N) is 1. The molecule has 0 aromatic carbocycles. The van der Waals surface area contributed by atoms with Gasteiger partial charge in [0.25, 0.3) is 0 Å². The van der Waals surface area contributed by atoms with Crippen LogP contribution in [0.1, 0.15) is 19.8 Å². The Morgan fingerprint density at radius 3 is 2.38 bits per heavy atom. The van der Waals surface area contributed by atoms with Gasteiger partial charge in [-0.3, -0.25) is 5.32 Å². The predicted molar refractivity (Wildman–Crippen MR) is 43.7 cm³/mol. The molecule has 0 radical (unpaired) electrons. The lowest BCUT2D eigenvalue weighted by molar-refractivity contribution is -0.200. The van der Waals surface area contributed by atoms with Gasteiger partial charge in [0.2, 0.25) is 0 Å². The van der Waals surface area contributed by atoms with Crippen molar-refractivity contribution in [3.63, 3.8) is 0 Å². The molecule has 0 aromatic rings. The predicted octanol–water partition coefficient (Wildman–Crippen LogP) is -2.09. The lowest BCUT2D eigenvalue weighted by Crippen LogP contribution is -2.71. The third-order valence-corrected chi connectivity index (χ3v) is 3.32. The fourth-order valence-electron chi connectivity index (χ4n) is 2.35. The Bertz CT molecular complexity index is 214. The van der Waals surface area contributed by atoms with Crippen molar-refractivity contribution >= 4 is 0 Å². The van der Waals surface area contributed by atoms with Crippen molar-refractivity contribution in [2.24, 2.45) is 0 Å². The van der Waals surface area contributed by atoms with Crippen molar-refractivity contribution in [1.82, 2.24) is 5.32 Å². The fourth-order valence-corrected chi connectivity index (χ4v) is 2.35. The first-order valence-electron chi connectivity index (χ1n) is 4.45. The van der Waals surface area contributed by atoms with E-state index in [2.05, 4.69) is 5.32 Å². The molecule has 2 aliphatic heterocycles. The summed E-state index contributed by atoms with van der Waals surface area (Å²) in [4.78, 5) is 0. The van der Waals surface area contributed by atoms with Gasteiger partial charge in [0, 0.05) is 5.54 Å². The summed E-state index contributed by atoms with van der Waals surface area (Å²) >= 11 is 0. The highest BCUT2D eigenvalue weighted by Gasteiger charge is 2.60. The van der Waals surface area contributed by atoms with Crippen molar-refractivity contribution in [3.8, 4) is 0 Å². The van der Waals surface area contributed by atoms with Gasteiger partial charge in [-0.1, -0.05) is 0 Å². The van der Waals surface area contributed by atoms with Crippen molar-refractivity contribution in [2.75, 3.05) is 0 Å². The van der Waals surface area contributed by atoms with E-state index in [1.807, 2.05) is 0 Å². The van der Waals surface area contributed by atoms with E-state index in [0.717, 1.165) is 0 Å². The molecule has 2 aliphatic rings. The maximum atomic E-state index is 9.81. The van der Waals surface area contributed by atoms with Crippen LogP contribution >= 0.6 is 0 Å². The van der Waals surface area contributed by atoms with Crippen LogP contribution in [0.25, 0.3) is 0 Å². The van der Waals surface area contributed by atoms with Gasteiger partial charge in [-0.25, -0.2) is 0 Å². The Balaban J connectivity index is 2.34. The Kier molecular flexibility index (Phi) is 1.75. The summed E-state index contributed by atoms with van der Waals surface area (Å²) in [5.74, 6) is 0. The molecule has 5 nitrogen and oxygen atoms in total. The normalized spacial score (nSPS) is 61.2. The summed E-state index contributed by atoms with van der Waals surface area (Å²) in [7, 11) is 0. The molecule has 2 saturated heterocycles. The average molecular weight is 189 g/mol. The molecule has 0 unspecified atom stereocenters. The maximum absolute atomic E-state index is 9.81. The number of hydrogen-bond acceptors (Lipinski definition) is 5. The number of fused-ring (bicyclic) bond motifs is 2. The molecule has 2 fully saturated rings. The molecule has 0 saturated carbocycles. The fraction of sp³-hybridized carbons (Fsp3) is 1.00. The summed E-state index contributed by atoms with van der Waals surface area (Å²) < 4.78 is 0. The quantitative estimate of drug-likeness (QED) is 0.301. The van der Waals surface area contributed by atoms with Crippen molar-refractivity contribution in [1.29, 1.82) is 0 Å². The van der Waals surface area contributed by atoms with E-state index >= 15 is 0 Å². The van der Waals surface area contributed by atoms with E-state index in [-0.39, 0.29) is 0 Å². The molecule has 0 amide bonds. The number of rotatable bonds is 0. The molecular formula is C8H15NO4. The van der Waals surface area contributed by atoms with E-state index in [0.29, 0.717) is 12.8 Å². The molecular weight excluding hydrogens is 174 g/mol.